The number of hydrogen-bond acceptors (Lipinski definition) is 7. The van der Waals surface area contributed by atoms with Gasteiger partial charge in [-0.2, -0.15) is 4.98 Å². The smallest absolute Gasteiger partial charge is 0.232 e. The largest absolute Gasteiger partial charge is 0.508 e. The van der Waals surface area contributed by atoms with Crippen LogP contribution in [0.1, 0.15) is 0 Å². The van der Waals surface area contributed by atoms with Gasteiger partial charge in [-0.15, -0.1) is 0 Å². The maximum Gasteiger partial charge on any atom is 0.232 e. The summed E-state index contributed by atoms with van der Waals surface area (Å²) < 4.78 is 0. The minimum Gasteiger partial charge on any atom is -0.508 e. The highest BCUT2D eigenvalue weighted by molar-refractivity contribution is 5.98. The first kappa shape index (κ1) is 15.6. The van der Waals surface area contributed by atoms with Gasteiger partial charge in [0, 0.05) is 28.2 Å². The molecule has 4 rings (SSSR count). The minimum absolute atomic E-state index is 0.151. The second-order valence-electron chi connectivity index (χ2n) is 5.61. The number of aromatic nitrogens is 3. The summed E-state index contributed by atoms with van der Waals surface area (Å²) >= 11 is 0. The molecule has 0 spiro atoms. The highest BCUT2D eigenvalue weighted by Gasteiger charge is 2.07. The molecule has 0 bridgehead atoms. The Kier molecular flexibility index (Phi) is 3.95. The summed E-state index contributed by atoms with van der Waals surface area (Å²) in [6.45, 7) is 0. The fraction of sp³-hybridized carbons (Fsp3) is 0. The maximum atomic E-state index is 9.99. The van der Waals surface area contributed by atoms with Crippen LogP contribution in [0.3, 0.4) is 0 Å². The molecular formula is C19H15N5O2. The predicted octanol–water partition coefficient (Wildman–Crippen LogP) is 3.92. The molecule has 128 valence electrons. The van der Waals surface area contributed by atoms with Crippen molar-refractivity contribution < 1.29 is 10.2 Å². The molecule has 26 heavy (non-hydrogen) atoms. The first-order valence-electron chi connectivity index (χ1n) is 7.92. The van der Waals surface area contributed by atoms with Crippen LogP contribution in [-0.4, -0.2) is 25.2 Å². The number of phenols is 2. The summed E-state index contributed by atoms with van der Waals surface area (Å²) in [7, 11) is 0. The Morgan fingerprint density at radius 3 is 2.31 bits per heavy atom. The van der Waals surface area contributed by atoms with Crippen LogP contribution in [0, 0.1) is 0 Å². The normalized spacial score (nSPS) is 10.6. The van der Waals surface area contributed by atoms with Crippen molar-refractivity contribution in [1.82, 2.24) is 15.0 Å². The van der Waals surface area contributed by atoms with Crippen molar-refractivity contribution in [3.8, 4) is 11.5 Å². The number of phenolic OH excluding ortho intramolecular Hbond substituents is 2. The standard InChI is InChI=1S/C19H15N5O2/c25-13-5-3-4-12(10-13)22-18-20-11-21-19(24-18)23-16-8-9-17(26)15-7-2-1-6-14(15)16/h1-11,25-26H,(H2,20,21,22,23,24). The Hall–Kier alpha value is -3.87. The van der Waals surface area contributed by atoms with Crippen molar-refractivity contribution in [2.75, 3.05) is 10.6 Å². The maximum absolute atomic E-state index is 9.99. The SMILES string of the molecule is Oc1cccc(Nc2ncnc(Nc3ccc(O)c4ccccc34)n2)c1. The van der Waals surface area contributed by atoms with Gasteiger partial charge in [-0.3, -0.25) is 0 Å². The third kappa shape index (κ3) is 3.18. The summed E-state index contributed by atoms with van der Waals surface area (Å²) in [6.07, 6.45) is 1.39. The summed E-state index contributed by atoms with van der Waals surface area (Å²) in [6, 6.07) is 17.6. The number of nitrogens with zero attached hydrogens (tertiary/aromatic N) is 3. The molecule has 3 aromatic carbocycles. The van der Waals surface area contributed by atoms with Crippen molar-refractivity contribution in [3.63, 3.8) is 0 Å². The average molecular weight is 345 g/mol. The first-order chi connectivity index (χ1) is 12.7. The molecule has 1 heterocycles. The van der Waals surface area contributed by atoms with Crippen molar-refractivity contribution in [3.05, 3.63) is 67.0 Å². The summed E-state index contributed by atoms with van der Waals surface area (Å²) in [5.74, 6) is 1.07. The van der Waals surface area contributed by atoms with E-state index in [1.807, 2.05) is 24.3 Å². The number of hydrogen-bond donors (Lipinski definition) is 4. The van der Waals surface area contributed by atoms with Gasteiger partial charge in [0.1, 0.15) is 17.8 Å². The Morgan fingerprint density at radius 2 is 1.50 bits per heavy atom. The number of fused-ring (bicyclic) bond motifs is 1. The molecule has 0 amide bonds. The van der Waals surface area contributed by atoms with Crippen molar-refractivity contribution >= 4 is 34.0 Å². The lowest BCUT2D eigenvalue weighted by molar-refractivity contribution is 0.475. The molecule has 0 aliphatic rings. The molecule has 0 saturated carbocycles. The molecule has 4 aromatic rings. The molecule has 7 nitrogen and oxygen atoms in total. The predicted molar refractivity (Wildman–Crippen MR) is 100 cm³/mol. The van der Waals surface area contributed by atoms with E-state index in [-0.39, 0.29) is 11.5 Å². The van der Waals surface area contributed by atoms with Crippen LogP contribution in [0.5, 0.6) is 11.5 Å². The number of nitrogens with one attached hydrogen (secondary N) is 2. The van der Waals surface area contributed by atoms with E-state index in [9.17, 15) is 10.2 Å². The molecule has 4 N–H and O–H groups in total. The van der Waals surface area contributed by atoms with Gasteiger partial charge in [0.2, 0.25) is 11.9 Å². The highest BCUT2D eigenvalue weighted by atomic mass is 16.3. The Bertz CT molecular complexity index is 1080. The van der Waals surface area contributed by atoms with Gasteiger partial charge >= 0.3 is 0 Å². The third-order valence-corrected chi connectivity index (χ3v) is 3.82. The lowest BCUT2D eigenvalue weighted by Crippen LogP contribution is -2.03. The number of aromatic hydroxyl groups is 2. The van der Waals surface area contributed by atoms with Gasteiger partial charge in [-0.1, -0.05) is 30.3 Å². The van der Waals surface area contributed by atoms with E-state index >= 15 is 0 Å². The highest BCUT2D eigenvalue weighted by Crippen LogP contribution is 2.31. The van der Waals surface area contributed by atoms with E-state index in [0.717, 1.165) is 16.5 Å². The molecule has 0 radical (unpaired) electrons. The van der Waals surface area contributed by atoms with Gasteiger partial charge < -0.3 is 20.8 Å². The first-order valence-corrected chi connectivity index (χ1v) is 7.92. The van der Waals surface area contributed by atoms with Crippen LogP contribution in [0.2, 0.25) is 0 Å². The topological polar surface area (TPSA) is 103 Å². The number of rotatable bonds is 4. The van der Waals surface area contributed by atoms with Gasteiger partial charge in [0.05, 0.1) is 0 Å². The Morgan fingerprint density at radius 1 is 0.731 bits per heavy atom. The van der Waals surface area contributed by atoms with Crippen molar-refractivity contribution in [2.45, 2.75) is 0 Å². The minimum atomic E-state index is 0.151. The number of benzene rings is 3. The molecular weight excluding hydrogens is 330 g/mol. The monoisotopic (exact) mass is 345 g/mol. The zero-order chi connectivity index (χ0) is 17.9. The number of anilines is 4. The van der Waals surface area contributed by atoms with E-state index < -0.39 is 0 Å². The summed E-state index contributed by atoms with van der Waals surface area (Å²) in [5, 5.41) is 27.3. The molecule has 0 atom stereocenters. The molecule has 0 unspecified atom stereocenters. The van der Waals surface area contributed by atoms with Crippen LogP contribution < -0.4 is 10.6 Å². The van der Waals surface area contributed by atoms with E-state index in [0.29, 0.717) is 17.6 Å². The lowest BCUT2D eigenvalue weighted by atomic mass is 10.1. The Balaban J connectivity index is 1.63. The van der Waals surface area contributed by atoms with Crippen LogP contribution in [0.4, 0.5) is 23.3 Å². The van der Waals surface area contributed by atoms with Gasteiger partial charge in [0.25, 0.3) is 0 Å². The quantitative estimate of drug-likeness (QED) is 0.416. The summed E-state index contributed by atoms with van der Waals surface area (Å²) in [4.78, 5) is 12.6. The van der Waals surface area contributed by atoms with Gasteiger partial charge in [-0.25, -0.2) is 9.97 Å². The van der Waals surface area contributed by atoms with Crippen LogP contribution in [-0.2, 0) is 0 Å². The molecule has 7 heteroatoms. The van der Waals surface area contributed by atoms with Crippen molar-refractivity contribution in [2.24, 2.45) is 0 Å². The van der Waals surface area contributed by atoms with E-state index in [4.69, 9.17) is 0 Å². The fourth-order valence-electron chi connectivity index (χ4n) is 2.64. The second kappa shape index (κ2) is 6.56. The van der Waals surface area contributed by atoms with Crippen LogP contribution >= 0.6 is 0 Å². The molecule has 0 saturated heterocycles. The molecule has 0 aliphatic carbocycles. The van der Waals surface area contributed by atoms with E-state index in [1.54, 1.807) is 36.4 Å². The van der Waals surface area contributed by atoms with E-state index in [2.05, 4.69) is 25.6 Å². The molecule has 1 aromatic heterocycles. The van der Waals surface area contributed by atoms with Crippen molar-refractivity contribution in [1.29, 1.82) is 0 Å². The van der Waals surface area contributed by atoms with Crippen LogP contribution in [0.25, 0.3) is 10.8 Å². The fourth-order valence-corrected chi connectivity index (χ4v) is 2.64. The average Bonchev–Trinajstić information content (AvgIpc) is 2.65. The third-order valence-electron chi connectivity index (χ3n) is 3.82. The zero-order valence-electron chi connectivity index (χ0n) is 13.6. The summed E-state index contributed by atoms with van der Waals surface area (Å²) in [5.41, 5.74) is 1.44. The second-order valence-corrected chi connectivity index (χ2v) is 5.61. The van der Waals surface area contributed by atoms with Crippen LogP contribution in [0.15, 0.2) is 67.0 Å². The van der Waals surface area contributed by atoms with E-state index in [1.165, 1.54) is 6.33 Å². The lowest BCUT2D eigenvalue weighted by Gasteiger charge is -2.10. The molecule has 0 fully saturated rings. The van der Waals surface area contributed by atoms with Gasteiger partial charge in [0.15, 0.2) is 0 Å². The Labute approximate surface area is 149 Å². The zero-order valence-corrected chi connectivity index (χ0v) is 13.6. The van der Waals surface area contributed by atoms with Gasteiger partial charge in [-0.05, 0) is 24.3 Å². The molecule has 0 aliphatic heterocycles.